The standard InChI is InChI=1S/C17H33N3/c1-7-9-16(13-18-5)14-19-12-11-17(10-8-2)20(6)15(3)4/h7,9,13,15,17,19H,5,8,10-12,14H2,1-4,6H3/b9-7-,16-13+. The molecule has 0 saturated heterocycles. The molecule has 0 spiro atoms. The number of rotatable bonds is 11. The second kappa shape index (κ2) is 11.9. The molecule has 3 nitrogen and oxygen atoms in total. The van der Waals surface area contributed by atoms with Crippen LogP contribution in [0.5, 0.6) is 0 Å². The lowest BCUT2D eigenvalue weighted by atomic mass is 10.1. The molecular formula is C17H33N3. The van der Waals surface area contributed by atoms with Gasteiger partial charge < -0.3 is 10.2 Å². The second-order valence-corrected chi connectivity index (χ2v) is 5.55. The van der Waals surface area contributed by atoms with E-state index in [0.717, 1.165) is 13.1 Å². The zero-order valence-electron chi connectivity index (χ0n) is 14.0. The average Bonchev–Trinajstić information content (AvgIpc) is 2.41. The molecule has 116 valence electrons. The van der Waals surface area contributed by atoms with Gasteiger partial charge in [0.15, 0.2) is 0 Å². The minimum atomic E-state index is 0.606. The van der Waals surface area contributed by atoms with Gasteiger partial charge in [0, 0.05) is 24.8 Å². The van der Waals surface area contributed by atoms with Crippen LogP contribution in [-0.2, 0) is 0 Å². The quantitative estimate of drug-likeness (QED) is 0.355. The summed E-state index contributed by atoms with van der Waals surface area (Å²) in [5, 5.41) is 3.50. The Bertz CT molecular complexity index is 305. The van der Waals surface area contributed by atoms with Crippen molar-refractivity contribution in [2.75, 3.05) is 20.1 Å². The van der Waals surface area contributed by atoms with E-state index in [1.54, 1.807) is 0 Å². The van der Waals surface area contributed by atoms with Crippen molar-refractivity contribution in [1.29, 1.82) is 0 Å². The summed E-state index contributed by atoms with van der Waals surface area (Å²) in [7, 11) is 2.23. The Morgan fingerprint density at radius 3 is 2.55 bits per heavy atom. The van der Waals surface area contributed by atoms with E-state index >= 15 is 0 Å². The number of nitrogens with one attached hydrogen (secondary N) is 1. The molecule has 0 bridgehead atoms. The number of nitrogens with zero attached hydrogens (tertiary/aromatic N) is 2. The molecule has 3 heteroatoms. The van der Waals surface area contributed by atoms with Crippen molar-refractivity contribution in [2.24, 2.45) is 4.99 Å². The van der Waals surface area contributed by atoms with Gasteiger partial charge in [0.25, 0.3) is 0 Å². The van der Waals surface area contributed by atoms with Gasteiger partial charge in [-0.2, -0.15) is 0 Å². The van der Waals surface area contributed by atoms with E-state index in [4.69, 9.17) is 0 Å². The molecule has 0 fully saturated rings. The molecule has 0 rings (SSSR count). The highest BCUT2D eigenvalue weighted by Crippen LogP contribution is 2.12. The van der Waals surface area contributed by atoms with Gasteiger partial charge in [-0.1, -0.05) is 25.5 Å². The minimum absolute atomic E-state index is 0.606. The highest BCUT2D eigenvalue weighted by atomic mass is 15.1. The van der Waals surface area contributed by atoms with Crippen molar-refractivity contribution in [2.45, 2.75) is 59.0 Å². The van der Waals surface area contributed by atoms with E-state index in [0.29, 0.717) is 12.1 Å². The molecule has 0 aliphatic rings. The van der Waals surface area contributed by atoms with Crippen LogP contribution in [0.4, 0.5) is 0 Å². The SMILES string of the molecule is C=N/C=C(\C=C/C)CNCCC(CCC)N(C)C(C)C. The highest BCUT2D eigenvalue weighted by molar-refractivity contribution is 5.29. The zero-order valence-corrected chi connectivity index (χ0v) is 14.0. The lowest BCUT2D eigenvalue weighted by Gasteiger charge is -2.31. The maximum Gasteiger partial charge on any atom is 0.0305 e. The summed E-state index contributed by atoms with van der Waals surface area (Å²) in [6.07, 6.45) is 9.62. The Morgan fingerprint density at radius 1 is 1.35 bits per heavy atom. The fourth-order valence-electron chi connectivity index (χ4n) is 2.29. The van der Waals surface area contributed by atoms with Gasteiger partial charge in [-0.05, 0) is 59.5 Å². The Morgan fingerprint density at radius 2 is 2.05 bits per heavy atom. The lowest BCUT2D eigenvalue weighted by molar-refractivity contribution is 0.175. The van der Waals surface area contributed by atoms with E-state index in [2.05, 4.69) is 55.8 Å². The van der Waals surface area contributed by atoms with E-state index in [-0.39, 0.29) is 0 Å². The maximum atomic E-state index is 3.84. The largest absolute Gasteiger partial charge is 0.313 e. The second-order valence-electron chi connectivity index (χ2n) is 5.55. The van der Waals surface area contributed by atoms with Crippen LogP contribution >= 0.6 is 0 Å². The molecule has 20 heavy (non-hydrogen) atoms. The van der Waals surface area contributed by atoms with Gasteiger partial charge in [0.2, 0.25) is 0 Å². The van der Waals surface area contributed by atoms with Crippen molar-refractivity contribution in [1.82, 2.24) is 10.2 Å². The van der Waals surface area contributed by atoms with Crippen molar-refractivity contribution < 1.29 is 0 Å². The predicted octanol–water partition coefficient (Wildman–Crippen LogP) is 3.64. The first-order valence-electron chi connectivity index (χ1n) is 7.77. The van der Waals surface area contributed by atoms with Gasteiger partial charge in [-0.25, -0.2) is 0 Å². The van der Waals surface area contributed by atoms with Gasteiger partial charge in [-0.3, -0.25) is 4.99 Å². The molecule has 0 aromatic heterocycles. The first-order chi connectivity index (χ1) is 9.56. The van der Waals surface area contributed by atoms with Crippen molar-refractivity contribution in [3.8, 4) is 0 Å². The third-order valence-corrected chi connectivity index (χ3v) is 3.63. The monoisotopic (exact) mass is 279 g/mol. The first-order valence-corrected chi connectivity index (χ1v) is 7.77. The summed E-state index contributed by atoms with van der Waals surface area (Å²) >= 11 is 0. The molecular weight excluding hydrogens is 246 g/mol. The van der Waals surface area contributed by atoms with E-state index in [1.807, 2.05) is 19.2 Å². The number of aliphatic imine (C=N–C) groups is 1. The molecule has 0 aliphatic carbocycles. The Kier molecular flexibility index (Phi) is 11.3. The number of hydrogen-bond donors (Lipinski definition) is 1. The summed E-state index contributed by atoms with van der Waals surface area (Å²) in [6.45, 7) is 14.2. The third-order valence-electron chi connectivity index (χ3n) is 3.63. The smallest absolute Gasteiger partial charge is 0.0305 e. The van der Waals surface area contributed by atoms with Crippen LogP contribution in [0.1, 0.15) is 47.0 Å². The summed E-state index contributed by atoms with van der Waals surface area (Å²) < 4.78 is 0. The molecule has 0 heterocycles. The Balaban J connectivity index is 4.17. The van der Waals surface area contributed by atoms with Crippen molar-refractivity contribution in [3.05, 3.63) is 23.9 Å². The zero-order chi connectivity index (χ0) is 15.4. The molecule has 0 radical (unpaired) electrons. The van der Waals surface area contributed by atoms with Crippen molar-refractivity contribution >= 4 is 6.72 Å². The molecule has 0 aliphatic heterocycles. The highest BCUT2D eigenvalue weighted by Gasteiger charge is 2.15. The number of hydrogen-bond acceptors (Lipinski definition) is 3. The van der Waals surface area contributed by atoms with Crippen LogP contribution in [0, 0.1) is 0 Å². The van der Waals surface area contributed by atoms with Crippen LogP contribution in [-0.4, -0.2) is 43.8 Å². The lowest BCUT2D eigenvalue weighted by Crippen LogP contribution is -2.39. The molecule has 0 saturated carbocycles. The normalized spacial score (nSPS) is 14.4. The van der Waals surface area contributed by atoms with Crippen LogP contribution in [0.2, 0.25) is 0 Å². The van der Waals surface area contributed by atoms with Gasteiger partial charge in [0.1, 0.15) is 0 Å². The molecule has 1 unspecified atom stereocenters. The summed E-state index contributed by atoms with van der Waals surface area (Å²) in [5.41, 5.74) is 1.17. The van der Waals surface area contributed by atoms with E-state index in [9.17, 15) is 0 Å². The average molecular weight is 279 g/mol. The first kappa shape index (κ1) is 19.1. The van der Waals surface area contributed by atoms with Crippen LogP contribution in [0.3, 0.4) is 0 Å². The fraction of sp³-hybridized carbons (Fsp3) is 0.706. The third kappa shape index (κ3) is 8.28. The van der Waals surface area contributed by atoms with Gasteiger partial charge in [0.05, 0.1) is 0 Å². The van der Waals surface area contributed by atoms with Gasteiger partial charge in [-0.15, -0.1) is 0 Å². The topological polar surface area (TPSA) is 27.6 Å². The van der Waals surface area contributed by atoms with E-state index in [1.165, 1.54) is 24.8 Å². The molecule has 0 aromatic rings. The predicted molar refractivity (Wildman–Crippen MR) is 91.5 cm³/mol. The fourth-order valence-corrected chi connectivity index (χ4v) is 2.29. The van der Waals surface area contributed by atoms with E-state index < -0.39 is 0 Å². The molecule has 0 amide bonds. The maximum absolute atomic E-state index is 3.84. The molecule has 1 atom stereocenters. The van der Waals surface area contributed by atoms with Gasteiger partial charge >= 0.3 is 0 Å². The summed E-state index contributed by atoms with van der Waals surface area (Å²) in [5.74, 6) is 0. The molecule has 0 aromatic carbocycles. The van der Waals surface area contributed by atoms with Crippen LogP contribution in [0.25, 0.3) is 0 Å². The van der Waals surface area contributed by atoms with Crippen LogP contribution in [0.15, 0.2) is 28.9 Å². The summed E-state index contributed by atoms with van der Waals surface area (Å²) in [4.78, 5) is 6.32. The van der Waals surface area contributed by atoms with Crippen molar-refractivity contribution in [3.63, 3.8) is 0 Å². The summed E-state index contributed by atoms with van der Waals surface area (Å²) in [6, 6.07) is 1.27. The Hall–Kier alpha value is -0.930. The minimum Gasteiger partial charge on any atom is -0.313 e. The Labute approximate surface area is 125 Å². The van der Waals surface area contributed by atoms with Crippen LogP contribution < -0.4 is 5.32 Å². The molecule has 1 N–H and O–H groups in total. The number of allylic oxidation sites excluding steroid dienone is 1.